The van der Waals surface area contributed by atoms with Crippen LogP contribution in [0.4, 0.5) is 0 Å². The number of aromatic nitrogens is 3. The summed E-state index contributed by atoms with van der Waals surface area (Å²) in [6.45, 7) is 5.63. The average molecular weight is 519 g/mol. The molecule has 1 atom stereocenters. The maximum Gasteiger partial charge on any atom is 0.191 e. The van der Waals surface area contributed by atoms with Crippen molar-refractivity contribution in [2.24, 2.45) is 4.99 Å². The van der Waals surface area contributed by atoms with Gasteiger partial charge in [0.25, 0.3) is 0 Å². The van der Waals surface area contributed by atoms with E-state index < -0.39 is 0 Å². The van der Waals surface area contributed by atoms with Crippen LogP contribution >= 0.6 is 39.9 Å². The molecule has 0 radical (unpaired) electrons. The van der Waals surface area contributed by atoms with Gasteiger partial charge < -0.3 is 10.6 Å². The highest BCUT2D eigenvalue weighted by Crippen LogP contribution is 2.16. The molecule has 0 amide bonds. The lowest BCUT2D eigenvalue weighted by Gasteiger charge is -2.25. The summed E-state index contributed by atoms with van der Waals surface area (Å²) in [5.74, 6) is 2.75. The predicted octanol–water partition coefficient (Wildman–Crippen LogP) is 2.96. The van der Waals surface area contributed by atoms with E-state index in [1.54, 1.807) is 7.05 Å². The van der Waals surface area contributed by atoms with Gasteiger partial charge in [-0.25, -0.2) is 9.67 Å². The van der Waals surface area contributed by atoms with Crippen LogP contribution in [0.1, 0.15) is 29.2 Å². The van der Waals surface area contributed by atoms with Crippen molar-refractivity contribution in [2.75, 3.05) is 7.05 Å². The number of aryl methyl sites for hydroxylation is 3. The van der Waals surface area contributed by atoms with Crippen LogP contribution in [-0.2, 0) is 19.5 Å². The Morgan fingerprint density at radius 1 is 1.40 bits per heavy atom. The Balaban J connectivity index is 0.00000225. The van der Waals surface area contributed by atoms with E-state index in [0.717, 1.165) is 48.0 Å². The van der Waals surface area contributed by atoms with E-state index in [1.165, 1.54) is 11.1 Å². The first-order valence-electron chi connectivity index (χ1n) is 8.17. The summed E-state index contributed by atoms with van der Waals surface area (Å²) in [6.07, 6.45) is 1.98. The molecular weight excluding hydrogens is 495 g/mol. The van der Waals surface area contributed by atoms with Crippen LogP contribution in [0, 0.1) is 13.8 Å². The topological polar surface area (TPSA) is 67.1 Å². The molecule has 0 fully saturated rings. The van der Waals surface area contributed by atoms with Gasteiger partial charge in [-0.05, 0) is 43.5 Å². The second-order valence-corrected chi connectivity index (χ2v) is 7.05. The van der Waals surface area contributed by atoms with Gasteiger partial charge in [0.1, 0.15) is 11.6 Å². The lowest BCUT2D eigenvalue weighted by atomic mass is 10.1. The molecule has 0 spiro atoms. The molecule has 1 aliphatic rings. The maximum absolute atomic E-state index is 4.45. The van der Waals surface area contributed by atoms with Crippen LogP contribution in [0.2, 0.25) is 0 Å². The van der Waals surface area contributed by atoms with Crippen LogP contribution in [0.15, 0.2) is 27.7 Å². The van der Waals surface area contributed by atoms with Crippen molar-refractivity contribution in [1.82, 2.24) is 25.4 Å². The molecule has 0 bridgehead atoms. The normalized spacial score (nSPS) is 16.8. The Morgan fingerprint density at radius 3 is 2.92 bits per heavy atom. The second-order valence-electron chi connectivity index (χ2n) is 6.13. The summed E-state index contributed by atoms with van der Waals surface area (Å²) in [5, 5.41) is 11.3. The minimum absolute atomic E-state index is 0. The minimum atomic E-state index is 0. The number of aliphatic imine (C=N–C) groups is 1. The molecule has 0 saturated carbocycles. The van der Waals surface area contributed by atoms with Crippen molar-refractivity contribution >= 4 is 45.9 Å². The van der Waals surface area contributed by atoms with Crippen LogP contribution in [0.3, 0.4) is 0 Å². The number of nitrogens with one attached hydrogen (secondary N) is 2. The molecule has 2 heterocycles. The van der Waals surface area contributed by atoms with Crippen molar-refractivity contribution in [1.29, 1.82) is 0 Å². The molecule has 0 aliphatic carbocycles. The number of rotatable bonds is 3. The number of halogens is 2. The van der Waals surface area contributed by atoms with Gasteiger partial charge in [-0.15, -0.1) is 24.0 Å². The van der Waals surface area contributed by atoms with E-state index in [-0.39, 0.29) is 24.0 Å². The molecule has 0 saturated heterocycles. The van der Waals surface area contributed by atoms with Crippen molar-refractivity contribution in [3.8, 4) is 0 Å². The first kappa shape index (κ1) is 20.2. The highest BCUT2D eigenvalue weighted by atomic mass is 127. The molecule has 1 aromatic carbocycles. The van der Waals surface area contributed by atoms with Crippen LogP contribution in [0.5, 0.6) is 0 Å². The summed E-state index contributed by atoms with van der Waals surface area (Å²) in [7, 11) is 1.80. The molecule has 136 valence electrons. The Bertz CT molecular complexity index is 758. The third-order valence-electron chi connectivity index (χ3n) is 4.28. The summed E-state index contributed by atoms with van der Waals surface area (Å²) >= 11 is 3.50. The fourth-order valence-corrected chi connectivity index (χ4v) is 3.45. The maximum atomic E-state index is 4.45. The van der Waals surface area contributed by atoms with Crippen LogP contribution in [0.25, 0.3) is 0 Å². The molecule has 2 aromatic rings. The molecule has 8 heteroatoms. The number of hydrogen-bond acceptors (Lipinski definition) is 3. The largest absolute Gasteiger partial charge is 0.352 e. The summed E-state index contributed by atoms with van der Waals surface area (Å²) < 4.78 is 3.11. The lowest BCUT2D eigenvalue weighted by molar-refractivity contribution is 0.392. The molecule has 6 nitrogen and oxygen atoms in total. The third-order valence-corrected chi connectivity index (χ3v) is 4.77. The summed E-state index contributed by atoms with van der Waals surface area (Å²) in [5.41, 5.74) is 2.52. The first-order chi connectivity index (χ1) is 11.5. The SMILES string of the molecule is CN=C(NCc1ccc(Br)cc1C)NC1CCc2nc(C)nn2C1.I. The van der Waals surface area contributed by atoms with E-state index in [2.05, 4.69) is 66.8 Å². The number of nitrogens with zero attached hydrogens (tertiary/aromatic N) is 4. The van der Waals surface area contributed by atoms with Crippen molar-refractivity contribution in [3.63, 3.8) is 0 Å². The quantitative estimate of drug-likeness (QED) is 0.372. The van der Waals surface area contributed by atoms with E-state index >= 15 is 0 Å². The van der Waals surface area contributed by atoms with Crippen molar-refractivity contribution in [3.05, 3.63) is 45.4 Å². The molecule has 1 aromatic heterocycles. The lowest BCUT2D eigenvalue weighted by Crippen LogP contribution is -2.46. The number of hydrogen-bond donors (Lipinski definition) is 2. The minimum Gasteiger partial charge on any atom is -0.352 e. The van der Waals surface area contributed by atoms with E-state index in [9.17, 15) is 0 Å². The van der Waals surface area contributed by atoms with Crippen molar-refractivity contribution in [2.45, 2.75) is 45.8 Å². The smallest absolute Gasteiger partial charge is 0.191 e. The molecular formula is C17H24BrIN6. The van der Waals surface area contributed by atoms with Crippen LogP contribution < -0.4 is 10.6 Å². The Kier molecular flexibility index (Phi) is 7.24. The summed E-state index contributed by atoms with van der Waals surface area (Å²) in [4.78, 5) is 8.80. The molecule has 3 rings (SSSR count). The van der Waals surface area contributed by atoms with Gasteiger partial charge in [-0.1, -0.05) is 22.0 Å². The Labute approximate surface area is 174 Å². The highest BCUT2D eigenvalue weighted by Gasteiger charge is 2.21. The summed E-state index contributed by atoms with van der Waals surface area (Å²) in [6, 6.07) is 6.64. The number of benzene rings is 1. The van der Waals surface area contributed by atoms with Gasteiger partial charge in [-0.3, -0.25) is 4.99 Å². The number of guanidine groups is 1. The first-order valence-corrected chi connectivity index (χ1v) is 8.97. The number of fused-ring (bicyclic) bond motifs is 1. The zero-order valence-corrected chi connectivity index (χ0v) is 18.6. The molecule has 1 unspecified atom stereocenters. The molecule has 1 aliphatic heterocycles. The van der Waals surface area contributed by atoms with Gasteiger partial charge in [-0.2, -0.15) is 5.10 Å². The van der Waals surface area contributed by atoms with Gasteiger partial charge in [0.2, 0.25) is 0 Å². The van der Waals surface area contributed by atoms with Crippen LogP contribution in [-0.4, -0.2) is 33.8 Å². The highest BCUT2D eigenvalue weighted by molar-refractivity contribution is 14.0. The van der Waals surface area contributed by atoms with E-state index in [0.29, 0.717) is 6.04 Å². The second kappa shape index (κ2) is 8.98. The molecule has 2 N–H and O–H groups in total. The van der Waals surface area contributed by atoms with Gasteiger partial charge >= 0.3 is 0 Å². The monoisotopic (exact) mass is 518 g/mol. The van der Waals surface area contributed by atoms with E-state index in [4.69, 9.17) is 0 Å². The average Bonchev–Trinajstić information content (AvgIpc) is 2.92. The van der Waals surface area contributed by atoms with Crippen molar-refractivity contribution < 1.29 is 0 Å². The third kappa shape index (κ3) is 5.16. The zero-order valence-electron chi connectivity index (χ0n) is 14.7. The fourth-order valence-electron chi connectivity index (χ4n) is 2.98. The molecule has 25 heavy (non-hydrogen) atoms. The Hall–Kier alpha value is -1.16. The van der Waals surface area contributed by atoms with Gasteiger partial charge in [0.05, 0.1) is 6.54 Å². The Morgan fingerprint density at radius 2 is 2.20 bits per heavy atom. The van der Waals surface area contributed by atoms with Gasteiger partial charge in [0, 0.05) is 30.5 Å². The fraction of sp³-hybridized carbons (Fsp3) is 0.471. The predicted molar refractivity (Wildman–Crippen MR) is 114 cm³/mol. The van der Waals surface area contributed by atoms with Gasteiger partial charge in [0.15, 0.2) is 5.96 Å². The standard InChI is InChI=1S/C17H23BrN6.HI/c1-11-8-14(18)5-4-13(11)9-20-17(19-3)22-15-6-7-16-21-12(2)23-24(16)10-15;/h4-5,8,15H,6-7,9-10H2,1-3H3,(H2,19,20,22);1H. The zero-order chi connectivity index (χ0) is 17.1. The van der Waals surface area contributed by atoms with E-state index in [1.807, 2.05) is 11.6 Å².